The molecule has 0 N–H and O–H groups in total. The number of rotatable bonds is 7. The van der Waals surface area contributed by atoms with Gasteiger partial charge in [-0.25, -0.2) is 0 Å². The van der Waals surface area contributed by atoms with Crippen LogP contribution >= 0.6 is 0 Å². The summed E-state index contributed by atoms with van der Waals surface area (Å²) in [5.74, 6) is 0.817. The summed E-state index contributed by atoms with van der Waals surface area (Å²) in [6.45, 7) is 9.56. The minimum absolute atomic E-state index is 0.0606. The van der Waals surface area contributed by atoms with Crippen molar-refractivity contribution in [1.82, 2.24) is 4.57 Å². The third-order valence-electron chi connectivity index (χ3n) is 15.7. The van der Waals surface area contributed by atoms with E-state index < -0.39 is 0 Å². The number of anilines is 3. The lowest BCUT2D eigenvalue weighted by atomic mass is 9.74. The average molecular weight is 873 g/mol. The Labute approximate surface area is 399 Å². The van der Waals surface area contributed by atoms with Crippen molar-refractivity contribution in [3.63, 3.8) is 0 Å². The van der Waals surface area contributed by atoms with Crippen LogP contribution < -0.4 is 4.90 Å². The van der Waals surface area contributed by atoms with Crippen LogP contribution in [0.15, 0.2) is 231 Å². The van der Waals surface area contributed by atoms with Crippen LogP contribution in [0, 0.1) is 5.92 Å². The van der Waals surface area contributed by atoms with Crippen molar-refractivity contribution in [2.75, 3.05) is 4.90 Å². The Bertz CT molecular complexity index is 3640. The lowest BCUT2D eigenvalue weighted by molar-refractivity contribution is 0.394. The molecule has 1 heterocycles. The summed E-state index contributed by atoms with van der Waals surface area (Å²) in [5.41, 5.74) is 22.6. The molecule has 2 nitrogen and oxygen atoms in total. The molecule has 9 aromatic carbocycles. The normalized spacial score (nSPS) is 16.9. The molecule has 2 atom stereocenters. The Morgan fingerprint density at radius 1 is 0.397 bits per heavy atom. The van der Waals surface area contributed by atoms with Crippen LogP contribution in [-0.2, 0) is 10.8 Å². The lowest BCUT2D eigenvalue weighted by Crippen LogP contribution is -2.24. The highest BCUT2D eigenvalue weighted by Gasteiger charge is 2.44. The van der Waals surface area contributed by atoms with Gasteiger partial charge in [-0.1, -0.05) is 185 Å². The SMILES string of the molecule is CC1(C)c2ccccc2-c2cc3c4cc(-c5ccc(N(c6ccc(-c7ccccc7)cc6)c6ccc7c(c6)C6C=CC=CC6C7(C)C)cc5)ccc4n(-c4ccc(-c5ccccc5)cc4)c3cc21. The first-order valence-corrected chi connectivity index (χ1v) is 24.2. The Hall–Kier alpha value is -7.94. The number of hydrogen-bond donors (Lipinski definition) is 0. The van der Waals surface area contributed by atoms with Crippen molar-refractivity contribution < 1.29 is 0 Å². The summed E-state index contributed by atoms with van der Waals surface area (Å²) in [6, 6.07) is 76.9. The van der Waals surface area contributed by atoms with Gasteiger partial charge in [-0.2, -0.15) is 0 Å². The first kappa shape index (κ1) is 40.3. The van der Waals surface area contributed by atoms with Gasteiger partial charge in [0, 0.05) is 44.9 Å². The number of allylic oxidation sites excluding steroid dienone is 4. The standard InChI is InChI=1S/C66H52N2/c1-65(2)59-21-13-11-19-53(59)55-40-52(36-37-61(55)65)67(49-30-23-45(24-31-49)43-15-7-5-8-16-43)50-32-27-47(28-33-50)48-29-38-63-57(39-48)58-41-56-54-20-12-14-22-60(54)66(3,4)62(56)42-64(58)68(63)51-34-25-46(26-35-51)44-17-9-6-10-18-44/h5-42,53,59H,1-4H3. The molecular weight excluding hydrogens is 821 g/mol. The van der Waals surface area contributed by atoms with Crippen molar-refractivity contribution in [2.45, 2.75) is 44.4 Å². The van der Waals surface area contributed by atoms with Gasteiger partial charge in [0.25, 0.3) is 0 Å². The highest BCUT2D eigenvalue weighted by Crippen LogP contribution is 2.55. The fraction of sp³-hybridized carbons (Fsp3) is 0.121. The van der Waals surface area contributed by atoms with Gasteiger partial charge in [0.15, 0.2) is 0 Å². The van der Waals surface area contributed by atoms with Crippen molar-refractivity contribution in [2.24, 2.45) is 5.92 Å². The topological polar surface area (TPSA) is 8.17 Å². The Kier molecular flexibility index (Phi) is 9.08. The molecule has 0 fully saturated rings. The molecule has 0 spiro atoms. The number of hydrogen-bond acceptors (Lipinski definition) is 1. The summed E-state index contributed by atoms with van der Waals surface area (Å²) in [6.07, 6.45) is 9.26. The predicted octanol–water partition coefficient (Wildman–Crippen LogP) is 17.7. The zero-order valence-electron chi connectivity index (χ0n) is 39.0. The van der Waals surface area contributed by atoms with E-state index >= 15 is 0 Å². The maximum absolute atomic E-state index is 2.48. The summed E-state index contributed by atoms with van der Waals surface area (Å²) in [7, 11) is 0. The molecule has 0 bridgehead atoms. The van der Waals surface area contributed by atoms with Crippen molar-refractivity contribution in [3.05, 3.63) is 253 Å². The van der Waals surface area contributed by atoms with E-state index in [1.165, 1.54) is 94.3 Å². The fourth-order valence-corrected chi connectivity index (χ4v) is 12.1. The second-order valence-electron chi connectivity index (χ2n) is 20.2. The molecule has 326 valence electrons. The molecule has 0 saturated heterocycles. The second-order valence-corrected chi connectivity index (χ2v) is 20.2. The molecule has 0 saturated carbocycles. The molecule has 1 aromatic heterocycles. The Balaban J connectivity index is 0.929. The molecule has 2 unspecified atom stereocenters. The third-order valence-corrected chi connectivity index (χ3v) is 15.7. The maximum atomic E-state index is 2.48. The predicted molar refractivity (Wildman–Crippen MR) is 287 cm³/mol. The maximum Gasteiger partial charge on any atom is 0.0544 e. The minimum Gasteiger partial charge on any atom is -0.310 e. The summed E-state index contributed by atoms with van der Waals surface area (Å²) in [5, 5.41) is 2.53. The van der Waals surface area contributed by atoms with Gasteiger partial charge < -0.3 is 9.47 Å². The molecule has 3 aliphatic rings. The van der Waals surface area contributed by atoms with Gasteiger partial charge in [0.1, 0.15) is 0 Å². The molecule has 0 aliphatic heterocycles. The van der Waals surface area contributed by atoms with Crippen LogP contribution in [0.25, 0.3) is 72.0 Å². The van der Waals surface area contributed by atoms with E-state index in [0.29, 0.717) is 11.8 Å². The van der Waals surface area contributed by atoms with Crippen molar-refractivity contribution >= 4 is 38.9 Å². The number of benzene rings is 9. The first-order valence-electron chi connectivity index (χ1n) is 24.2. The van der Waals surface area contributed by atoms with E-state index in [9.17, 15) is 0 Å². The molecule has 68 heavy (non-hydrogen) atoms. The minimum atomic E-state index is -0.105. The third kappa shape index (κ3) is 6.24. The summed E-state index contributed by atoms with van der Waals surface area (Å²) in [4.78, 5) is 2.43. The Morgan fingerprint density at radius 3 is 1.62 bits per heavy atom. The molecular formula is C66H52N2. The van der Waals surface area contributed by atoms with Gasteiger partial charge in [-0.15, -0.1) is 0 Å². The Morgan fingerprint density at radius 2 is 0.941 bits per heavy atom. The monoisotopic (exact) mass is 872 g/mol. The zero-order valence-corrected chi connectivity index (χ0v) is 39.0. The quantitative estimate of drug-likeness (QED) is 0.155. The number of aromatic nitrogens is 1. The van der Waals surface area contributed by atoms with E-state index in [0.717, 1.165) is 17.1 Å². The van der Waals surface area contributed by atoms with Crippen LogP contribution in [0.1, 0.15) is 55.9 Å². The van der Waals surface area contributed by atoms with Gasteiger partial charge in [0.2, 0.25) is 0 Å². The van der Waals surface area contributed by atoms with Crippen molar-refractivity contribution in [1.29, 1.82) is 0 Å². The zero-order chi connectivity index (χ0) is 45.7. The van der Waals surface area contributed by atoms with E-state index in [2.05, 4.69) is 268 Å². The first-order chi connectivity index (χ1) is 33.2. The van der Waals surface area contributed by atoms with E-state index in [4.69, 9.17) is 0 Å². The largest absolute Gasteiger partial charge is 0.310 e. The molecule has 0 amide bonds. The van der Waals surface area contributed by atoms with E-state index in [1.807, 2.05) is 0 Å². The highest BCUT2D eigenvalue weighted by molar-refractivity contribution is 6.12. The average Bonchev–Trinajstić information content (AvgIpc) is 3.92. The molecule has 0 radical (unpaired) electrons. The fourth-order valence-electron chi connectivity index (χ4n) is 12.1. The van der Waals surface area contributed by atoms with E-state index in [-0.39, 0.29) is 10.8 Å². The van der Waals surface area contributed by atoms with Crippen LogP contribution in [0.4, 0.5) is 17.1 Å². The van der Waals surface area contributed by atoms with Crippen LogP contribution in [0.5, 0.6) is 0 Å². The van der Waals surface area contributed by atoms with Gasteiger partial charge in [-0.05, 0) is 151 Å². The molecule has 10 aromatic rings. The molecule has 2 heteroatoms. The number of fused-ring (bicyclic) bond motifs is 9. The molecule has 3 aliphatic carbocycles. The van der Waals surface area contributed by atoms with Crippen LogP contribution in [0.2, 0.25) is 0 Å². The molecule has 13 rings (SSSR count). The summed E-state index contributed by atoms with van der Waals surface area (Å²) < 4.78 is 2.48. The van der Waals surface area contributed by atoms with Gasteiger partial charge in [-0.3, -0.25) is 0 Å². The van der Waals surface area contributed by atoms with E-state index in [1.54, 1.807) is 0 Å². The number of nitrogens with zero attached hydrogens (tertiary/aromatic N) is 2. The van der Waals surface area contributed by atoms with Gasteiger partial charge >= 0.3 is 0 Å². The summed E-state index contributed by atoms with van der Waals surface area (Å²) >= 11 is 0. The second kappa shape index (κ2) is 15.3. The van der Waals surface area contributed by atoms with Crippen LogP contribution in [-0.4, -0.2) is 4.57 Å². The van der Waals surface area contributed by atoms with Crippen LogP contribution in [0.3, 0.4) is 0 Å². The van der Waals surface area contributed by atoms with Crippen molar-refractivity contribution in [3.8, 4) is 50.2 Å². The lowest BCUT2D eigenvalue weighted by Gasteiger charge is -2.29. The highest BCUT2D eigenvalue weighted by atomic mass is 15.1. The van der Waals surface area contributed by atoms with Gasteiger partial charge in [0.05, 0.1) is 11.0 Å². The smallest absolute Gasteiger partial charge is 0.0544 e.